The van der Waals surface area contributed by atoms with E-state index in [-0.39, 0.29) is 11.8 Å². The van der Waals surface area contributed by atoms with Gasteiger partial charge in [-0.1, -0.05) is 6.07 Å². The Kier molecular flexibility index (Phi) is 2.77. The molecule has 1 aromatic heterocycles. The Hall–Kier alpha value is -2.21. The number of nitrogens with zero attached hydrogens (tertiary/aromatic N) is 3. The zero-order chi connectivity index (χ0) is 12.4. The van der Waals surface area contributed by atoms with E-state index in [1.807, 2.05) is 24.3 Å². The van der Waals surface area contributed by atoms with Crippen LogP contribution in [0.5, 0.6) is 0 Å². The minimum atomic E-state index is 0.0645. The van der Waals surface area contributed by atoms with Crippen LogP contribution in [0, 0.1) is 5.92 Å². The van der Waals surface area contributed by atoms with E-state index in [9.17, 15) is 4.79 Å². The maximum atomic E-state index is 11.8. The van der Waals surface area contributed by atoms with E-state index in [4.69, 9.17) is 0 Å². The highest BCUT2D eigenvalue weighted by molar-refractivity contribution is 5.93. The van der Waals surface area contributed by atoms with Crippen LogP contribution in [0.2, 0.25) is 0 Å². The molecule has 1 aliphatic heterocycles. The Bertz CT molecular complexity index is 547. The second-order valence-corrected chi connectivity index (χ2v) is 4.26. The molecule has 92 valence electrons. The van der Waals surface area contributed by atoms with Gasteiger partial charge in [0.15, 0.2) is 0 Å². The molecule has 2 aromatic rings. The predicted octanol–water partition coefficient (Wildman–Crippen LogP) is 0.425. The fraction of sp³-hybridized carbons (Fsp3) is 0.250. The normalized spacial score (nSPS) is 15.1. The third kappa shape index (κ3) is 2.10. The molecule has 0 unspecified atom stereocenters. The molecule has 2 heterocycles. The van der Waals surface area contributed by atoms with Gasteiger partial charge in [-0.2, -0.15) is 0 Å². The smallest absolute Gasteiger partial charge is 0.230 e. The summed E-state index contributed by atoms with van der Waals surface area (Å²) in [6, 6.07) is 7.60. The lowest BCUT2D eigenvalue weighted by Gasteiger charge is -2.25. The molecule has 1 amide bonds. The van der Waals surface area contributed by atoms with Gasteiger partial charge in [-0.15, -0.1) is 10.2 Å². The number of rotatable bonds is 3. The predicted molar refractivity (Wildman–Crippen MR) is 66.3 cm³/mol. The first-order chi connectivity index (χ1) is 8.83. The highest BCUT2D eigenvalue weighted by Crippen LogP contribution is 2.15. The third-order valence-electron chi connectivity index (χ3n) is 2.98. The lowest BCUT2D eigenvalue weighted by Crippen LogP contribution is -2.48. The zero-order valence-electron chi connectivity index (χ0n) is 9.71. The van der Waals surface area contributed by atoms with Gasteiger partial charge in [0.25, 0.3) is 0 Å². The van der Waals surface area contributed by atoms with Crippen LogP contribution >= 0.6 is 0 Å². The van der Waals surface area contributed by atoms with E-state index in [2.05, 4.69) is 20.8 Å². The number of anilines is 1. The Balaban J connectivity index is 1.76. The van der Waals surface area contributed by atoms with Crippen LogP contribution in [0.25, 0.3) is 5.69 Å². The number of hydrogen-bond acceptors (Lipinski definition) is 4. The second kappa shape index (κ2) is 4.58. The van der Waals surface area contributed by atoms with Crippen LogP contribution in [-0.4, -0.2) is 33.8 Å². The second-order valence-electron chi connectivity index (χ2n) is 4.26. The maximum absolute atomic E-state index is 11.8. The Labute approximate surface area is 104 Å². The van der Waals surface area contributed by atoms with Gasteiger partial charge in [0.2, 0.25) is 5.91 Å². The van der Waals surface area contributed by atoms with Gasteiger partial charge >= 0.3 is 0 Å². The van der Waals surface area contributed by atoms with Crippen LogP contribution in [0.1, 0.15) is 0 Å². The molecule has 1 saturated heterocycles. The van der Waals surface area contributed by atoms with Crippen molar-refractivity contribution >= 4 is 11.6 Å². The molecular formula is C12H13N5O. The van der Waals surface area contributed by atoms with Crippen molar-refractivity contribution in [2.45, 2.75) is 0 Å². The number of amides is 1. The lowest BCUT2D eigenvalue weighted by atomic mass is 10.0. The summed E-state index contributed by atoms with van der Waals surface area (Å²) in [6.45, 7) is 1.52. The summed E-state index contributed by atoms with van der Waals surface area (Å²) < 4.78 is 1.79. The number of hydrogen-bond donors (Lipinski definition) is 2. The maximum Gasteiger partial charge on any atom is 0.230 e. The van der Waals surface area contributed by atoms with Crippen molar-refractivity contribution in [3.63, 3.8) is 0 Å². The summed E-state index contributed by atoms with van der Waals surface area (Å²) in [5.41, 5.74) is 1.71. The molecule has 1 aliphatic rings. The Morgan fingerprint density at radius 1 is 1.33 bits per heavy atom. The molecule has 1 aromatic carbocycles. The topological polar surface area (TPSA) is 71.8 Å². The van der Waals surface area contributed by atoms with Gasteiger partial charge in [0.1, 0.15) is 12.7 Å². The van der Waals surface area contributed by atoms with E-state index in [0.29, 0.717) is 0 Å². The SMILES string of the molecule is O=C(Nc1cccc(-n2cnnc2)c1)C1CNC1. The fourth-order valence-corrected chi connectivity index (χ4v) is 1.80. The number of benzene rings is 1. The summed E-state index contributed by atoms with van der Waals surface area (Å²) in [4.78, 5) is 11.8. The number of nitrogens with one attached hydrogen (secondary N) is 2. The number of carbonyl (C=O) groups is 1. The highest BCUT2D eigenvalue weighted by atomic mass is 16.2. The molecule has 0 atom stereocenters. The van der Waals surface area contributed by atoms with Crippen molar-refractivity contribution in [3.8, 4) is 5.69 Å². The first-order valence-electron chi connectivity index (χ1n) is 5.79. The lowest BCUT2D eigenvalue weighted by molar-refractivity contribution is -0.121. The Morgan fingerprint density at radius 2 is 2.11 bits per heavy atom. The van der Waals surface area contributed by atoms with E-state index in [1.165, 1.54) is 0 Å². The summed E-state index contributed by atoms with van der Waals surface area (Å²) in [5, 5.41) is 13.5. The zero-order valence-corrected chi connectivity index (χ0v) is 9.71. The quantitative estimate of drug-likeness (QED) is 0.819. The van der Waals surface area contributed by atoms with Crippen LogP contribution < -0.4 is 10.6 Å². The first-order valence-corrected chi connectivity index (χ1v) is 5.79. The largest absolute Gasteiger partial charge is 0.326 e. The molecule has 0 saturated carbocycles. The van der Waals surface area contributed by atoms with Gasteiger partial charge in [-0.3, -0.25) is 9.36 Å². The summed E-state index contributed by atoms with van der Waals surface area (Å²) in [6.07, 6.45) is 3.24. The average Bonchev–Trinajstić information content (AvgIpc) is 2.80. The van der Waals surface area contributed by atoms with Crippen LogP contribution in [0.15, 0.2) is 36.9 Å². The van der Waals surface area contributed by atoms with Crippen molar-refractivity contribution in [3.05, 3.63) is 36.9 Å². The number of carbonyl (C=O) groups excluding carboxylic acids is 1. The molecule has 6 nitrogen and oxygen atoms in total. The van der Waals surface area contributed by atoms with Crippen LogP contribution in [0.3, 0.4) is 0 Å². The van der Waals surface area contributed by atoms with Crippen LogP contribution in [-0.2, 0) is 4.79 Å². The van der Waals surface area contributed by atoms with E-state index in [1.54, 1.807) is 17.2 Å². The molecule has 0 radical (unpaired) electrons. The highest BCUT2D eigenvalue weighted by Gasteiger charge is 2.24. The van der Waals surface area contributed by atoms with Gasteiger partial charge in [0, 0.05) is 18.8 Å². The monoisotopic (exact) mass is 243 g/mol. The fourth-order valence-electron chi connectivity index (χ4n) is 1.80. The average molecular weight is 243 g/mol. The summed E-state index contributed by atoms with van der Waals surface area (Å²) >= 11 is 0. The summed E-state index contributed by atoms with van der Waals surface area (Å²) in [7, 11) is 0. The van der Waals surface area contributed by atoms with Gasteiger partial charge in [-0.25, -0.2) is 0 Å². The molecule has 2 N–H and O–H groups in total. The van der Waals surface area contributed by atoms with Crippen molar-refractivity contribution < 1.29 is 4.79 Å². The minimum Gasteiger partial charge on any atom is -0.326 e. The third-order valence-corrected chi connectivity index (χ3v) is 2.98. The van der Waals surface area contributed by atoms with Gasteiger partial charge in [0.05, 0.1) is 11.6 Å². The van der Waals surface area contributed by atoms with Gasteiger partial charge in [-0.05, 0) is 18.2 Å². The molecular weight excluding hydrogens is 230 g/mol. The van der Waals surface area contributed by atoms with E-state index >= 15 is 0 Å². The molecule has 0 spiro atoms. The summed E-state index contributed by atoms with van der Waals surface area (Å²) in [5.74, 6) is 0.151. The molecule has 18 heavy (non-hydrogen) atoms. The molecule has 0 aliphatic carbocycles. The minimum absolute atomic E-state index is 0.0645. The van der Waals surface area contributed by atoms with Crippen LogP contribution in [0.4, 0.5) is 5.69 Å². The molecule has 6 heteroatoms. The van der Waals surface area contributed by atoms with Crippen molar-refractivity contribution in [2.75, 3.05) is 18.4 Å². The molecule has 3 rings (SSSR count). The first kappa shape index (κ1) is 10.9. The number of aromatic nitrogens is 3. The van der Waals surface area contributed by atoms with E-state index in [0.717, 1.165) is 24.5 Å². The molecule has 0 bridgehead atoms. The van der Waals surface area contributed by atoms with Crippen molar-refractivity contribution in [1.29, 1.82) is 0 Å². The van der Waals surface area contributed by atoms with Gasteiger partial charge < -0.3 is 10.6 Å². The van der Waals surface area contributed by atoms with Crippen molar-refractivity contribution in [1.82, 2.24) is 20.1 Å². The molecule has 1 fully saturated rings. The van der Waals surface area contributed by atoms with Crippen molar-refractivity contribution in [2.24, 2.45) is 5.92 Å². The Morgan fingerprint density at radius 3 is 2.78 bits per heavy atom. The standard InChI is InChI=1S/C12H13N5O/c18-12(9-5-13-6-9)16-10-2-1-3-11(4-10)17-7-14-15-8-17/h1-4,7-9,13H,5-6H2,(H,16,18). The van der Waals surface area contributed by atoms with E-state index < -0.39 is 0 Å².